The molecule has 1 saturated carbocycles. The molecule has 1 unspecified atom stereocenters. The van der Waals surface area contributed by atoms with Crippen LogP contribution in [0.25, 0.3) is 0 Å². The highest BCUT2D eigenvalue weighted by molar-refractivity contribution is 14.1. The van der Waals surface area contributed by atoms with Gasteiger partial charge in [0.2, 0.25) is 0 Å². The van der Waals surface area contributed by atoms with Crippen molar-refractivity contribution in [2.24, 2.45) is 11.8 Å². The van der Waals surface area contributed by atoms with E-state index in [2.05, 4.69) is 53.1 Å². The second-order valence-electron chi connectivity index (χ2n) is 4.73. The van der Waals surface area contributed by atoms with E-state index in [0.29, 0.717) is 6.04 Å². The molecule has 1 aliphatic rings. The van der Waals surface area contributed by atoms with Crippen LogP contribution < -0.4 is 11.3 Å². The number of halogens is 1. The zero-order valence-electron chi connectivity index (χ0n) is 9.67. The maximum Gasteiger partial charge on any atom is 0.0473 e. The first-order chi connectivity index (χ1) is 7.72. The van der Waals surface area contributed by atoms with Crippen molar-refractivity contribution in [2.75, 3.05) is 0 Å². The Bertz CT molecular complexity index is 361. The number of hydrogen-bond donors (Lipinski definition) is 2. The van der Waals surface area contributed by atoms with Crippen LogP contribution in [0.2, 0.25) is 0 Å². The van der Waals surface area contributed by atoms with Crippen LogP contribution in [-0.2, 0) is 0 Å². The van der Waals surface area contributed by atoms with Crippen LogP contribution in [-0.4, -0.2) is 0 Å². The molecule has 0 bridgehead atoms. The fourth-order valence-electron chi connectivity index (χ4n) is 2.29. The van der Waals surface area contributed by atoms with Gasteiger partial charge in [-0.25, -0.2) is 0 Å². The minimum atomic E-state index is 0.317. The summed E-state index contributed by atoms with van der Waals surface area (Å²) in [6.45, 7) is 2.15. The Hall–Kier alpha value is -0.130. The molecule has 0 spiro atoms. The van der Waals surface area contributed by atoms with Crippen molar-refractivity contribution in [2.45, 2.75) is 38.6 Å². The van der Waals surface area contributed by atoms with E-state index in [1.54, 1.807) is 0 Å². The summed E-state index contributed by atoms with van der Waals surface area (Å²) in [5.41, 5.74) is 5.68. The van der Waals surface area contributed by atoms with Gasteiger partial charge in [-0.2, -0.15) is 0 Å². The maximum absolute atomic E-state index is 5.70. The van der Waals surface area contributed by atoms with Crippen molar-refractivity contribution in [1.82, 2.24) is 5.43 Å². The molecule has 0 radical (unpaired) electrons. The van der Waals surface area contributed by atoms with Gasteiger partial charge in [0.05, 0.1) is 0 Å². The molecule has 1 atom stereocenters. The van der Waals surface area contributed by atoms with E-state index in [0.717, 1.165) is 5.92 Å². The molecule has 1 aromatic rings. The van der Waals surface area contributed by atoms with Crippen molar-refractivity contribution in [1.29, 1.82) is 0 Å². The van der Waals surface area contributed by atoms with E-state index in [-0.39, 0.29) is 0 Å². The van der Waals surface area contributed by atoms with Crippen LogP contribution in [0.15, 0.2) is 18.2 Å². The first kappa shape index (κ1) is 12.3. The number of rotatable bonds is 4. The minimum Gasteiger partial charge on any atom is -0.271 e. The predicted octanol–water partition coefficient (Wildman–Crippen LogP) is 3.29. The summed E-state index contributed by atoms with van der Waals surface area (Å²) in [5.74, 6) is 6.57. The Morgan fingerprint density at radius 1 is 1.50 bits per heavy atom. The lowest BCUT2D eigenvalue weighted by molar-refractivity contribution is 0.261. The van der Waals surface area contributed by atoms with Gasteiger partial charge in [-0.15, -0.1) is 0 Å². The van der Waals surface area contributed by atoms with Gasteiger partial charge in [0.15, 0.2) is 0 Å². The topological polar surface area (TPSA) is 38.0 Å². The average Bonchev–Trinajstić information content (AvgIpc) is 2.22. The number of hydrogen-bond acceptors (Lipinski definition) is 2. The van der Waals surface area contributed by atoms with E-state index >= 15 is 0 Å². The van der Waals surface area contributed by atoms with Gasteiger partial charge in [0, 0.05) is 9.61 Å². The SMILES string of the molecule is Cc1cccc(C(CC2CCC2)NN)c1I. The van der Waals surface area contributed by atoms with Crippen molar-refractivity contribution < 1.29 is 0 Å². The minimum absolute atomic E-state index is 0.317. The molecule has 1 fully saturated rings. The Morgan fingerprint density at radius 3 is 2.81 bits per heavy atom. The first-order valence-corrected chi connectivity index (χ1v) is 7.01. The van der Waals surface area contributed by atoms with Crippen LogP contribution in [0.5, 0.6) is 0 Å². The van der Waals surface area contributed by atoms with Gasteiger partial charge < -0.3 is 0 Å². The van der Waals surface area contributed by atoms with Crippen molar-refractivity contribution >= 4 is 22.6 Å². The Kier molecular flexibility index (Phi) is 4.21. The van der Waals surface area contributed by atoms with E-state index in [9.17, 15) is 0 Å². The van der Waals surface area contributed by atoms with Gasteiger partial charge in [-0.3, -0.25) is 11.3 Å². The molecular weight excluding hydrogens is 311 g/mol. The van der Waals surface area contributed by atoms with Gasteiger partial charge in [-0.1, -0.05) is 37.5 Å². The molecule has 88 valence electrons. The van der Waals surface area contributed by atoms with Crippen LogP contribution in [0, 0.1) is 16.4 Å². The molecule has 3 N–H and O–H groups in total. The van der Waals surface area contributed by atoms with Crippen molar-refractivity contribution in [3.63, 3.8) is 0 Å². The first-order valence-electron chi connectivity index (χ1n) is 5.93. The second kappa shape index (κ2) is 5.47. The van der Waals surface area contributed by atoms with E-state index in [4.69, 9.17) is 5.84 Å². The highest BCUT2D eigenvalue weighted by Gasteiger charge is 2.23. The second-order valence-corrected chi connectivity index (χ2v) is 5.81. The molecule has 1 aromatic carbocycles. The quantitative estimate of drug-likeness (QED) is 0.505. The zero-order chi connectivity index (χ0) is 11.5. The van der Waals surface area contributed by atoms with Crippen LogP contribution in [0.4, 0.5) is 0 Å². The molecule has 2 rings (SSSR count). The number of nitrogens with two attached hydrogens (primary N) is 1. The van der Waals surface area contributed by atoms with Gasteiger partial charge in [-0.05, 0) is 53.0 Å². The monoisotopic (exact) mass is 330 g/mol. The average molecular weight is 330 g/mol. The summed E-state index contributed by atoms with van der Waals surface area (Å²) in [5, 5.41) is 0. The highest BCUT2D eigenvalue weighted by atomic mass is 127. The normalized spacial score (nSPS) is 18.2. The number of nitrogens with one attached hydrogen (secondary N) is 1. The fraction of sp³-hybridized carbons (Fsp3) is 0.538. The molecule has 0 amide bonds. The standard InChI is InChI=1S/C13H19IN2/c1-9-4-2-7-11(13(9)14)12(16-15)8-10-5-3-6-10/h2,4,7,10,12,16H,3,5-6,8,15H2,1H3. The van der Waals surface area contributed by atoms with E-state index < -0.39 is 0 Å². The van der Waals surface area contributed by atoms with E-state index in [1.165, 1.54) is 40.4 Å². The van der Waals surface area contributed by atoms with Crippen LogP contribution in [0.3, 0.4) is 0 Å². The molecular formula is C13H19IN2. The van der Waals surface area contributed by atoms with Gasteiger partial charge >= 0.3 is 0 Å². The van der Waals surface area contributed by atoms with Crippen molar-refractivity contribution in [3.05, 3.63) is 32.9 Å². The molecule has 0 saturated heterocycles. The predicted molar refractivity (Wildman–Crippen MR) is 75.9 cm³/mol. The lowest BCUT2D eigenvalue weighted by atomic mass is 9.79. The molecule has 2 nitrogen and oxygen atoms in total. The molecule has 0 heterocycles. The number of aryl methyl sites for hydroxylation is 1. The molecule has 0 aliphatic heterocycles. The summed E-state index contributed by atoms with van der Waals surface area (Å²) < 4.78 is 1.35. The lowest BCUT2D eigenvalue weighted by Crippen LogP contribution is -2.31. The largest absolute Gasteiger partial charge is 0.271 e. The van der Waals surface area contributed by atoms with Gasteiger partial charge in [0.25, 0.3) is 0 Å². The van der Waals surface area contributed by atoms with Crippen LogP contribution >= 0.6 is 22.6 Å². The zero-order valence-corrected chi connectivity index (χ0v) is 11.8. The fourth-order valence-corrected chi connectivity index (χ4v) is 3.02. The van der Waals surface area contributed by atoms with E-state index in [1.807, 2.05) is 0 Å². The Balaban J connectivity index is 2.15. The molecule has 1 aliphatic carbocycles. The Morgan fingerprint density at radius 2 is 2.25 bits per heavy atom. The third kappa shape index (κ3) is 2.57. The number of benzene rings is 1. The Labute approximate surface area is 111 Å². The molecule has 0 aromatic heterocycles. The number of hydrazine groups is 1. The summed E-state index contributed by atoms with van der Waals surface area (Å²) >= 11 is 2.42. The third-order valence-corrected chi connectivity index (χ3v) is 5.07. The summed E-state index contributed by atoms with van der Waals surface area (Å²) in [6, 6.07) is 6.79. The van der Waals surface area contributed by atoms with Crippen LogP contribution in [0.1, 0.15) is 42.9 Å². The summed E-state index contributed by atoms with van der Waals surface area (Å²) in [4.78, 5) is 0. The molecule has 16 heavy (non-hydrogen) atoms. The summed E-state index contributed by atoms with van der Waals surface area (Å²) in [7, 11) is 0. The maximum atomic E-state index is 5.70. The van der Waals surface area contributed by atoms with Crippen molar-refractivity contribution in [3.8, 4) is 0 Å². The molecule has 3 heteroatoms. The smallest absolute Gasteiger partial charge is 0.0473 e. The summed E-state index contributed by atoms with van der Waals surface area (Å²) in [6.07, 6.45) is 5.32. The third-order valence-electron chi connectivity index (χ3n) is 3.59. The van der Waals surface area contributed by atoms with Gasteiger partial charge in [0.1, 0.15) is 0 Å². The lowest BCUT2D eigenvalue weighted by Gasteiger charge is -2.30. The highest BCUT2D eigenvalue weighted by Crippen LogP contribution is 2.35.